The van der Waals surface area contributed by atoms with Gasteiger partial charge in [0.2, 0.25) is 0 Å². The SMILES string of the molecule is N#Cc1ccc(OS(=O)(=O)C(F)(F)F)c2c1C1c3ccccc3C2c2ccccc21. The Balaban J connectivity index is 1.83. The second kappa shape index (κ2) is 6.09. The quantitative estimate of drug-likeness (QED) is 0.301. The molecule has 3 aliphatic rings. The zero-order valence-corrected chi connectivity index (χ0v) is 16.0. The lowest BCUT2D eigenvalue weighted by Crippen LogP contribution is -2.32. The molecular formula is C22H12F3NO3S. The molecule has 0 heterocycles. The summed E-state index contributed by atoms with van der Waals surface area (Å²) in [5, 5.41) is 9.68. The van der Waals surface area contributed by atoms with Gasteiger partial charge in [-0.1, -0.05) is 48.5 Å². The van der Waals surface area contributed by atoms with Crippen LogP contribution in [0.4, 0.5) is 13.2 Å². The molecule has 2 bridgehead atoms. The first-order chi connectivity index (χ1) is 14.2. The summed E-state index contributed by atoms with van der Waals surface area (Å²) in [6.07, 6.45) is 0. The fraction of sp³-hybridized carbons (Fsp3) is 0.136. The highest BCUT2D eigenvalue weighted by Gasteiger charge is 2.50. The van der Waals surface area contributed by atoms with Gasteiger partial charge in [0.1, 0.15) is 5.75 Å². The van der Waals surface area contributed by atoms with Gasteiger partial charge in [0.15, 0.2) is 0 Å². The molecule has 0 N–H and O–H groups in total. The summed E-state index contributed by atoms with van der Waals surface area (Å²) < 4.78 is 67.1. The summed E-state index contributed by atoms with van der Waals surface area (Å²) in [6.45, 7) is 0. The second-order valence-electron chi connectivity index (χ2n) is 7.16. The molecule has 150 valence electrons. The Kier molecular flexibility index (Phi) is 3.80. The van der Waals surface area contributed by atoms with E-state index in [1.54, 1.807) is 0 Å². The van der Waals surface area contributed by atoms with E-state index in [1.165, 1.54) is 6.07 Å². The van der Waals surface area contributed by atoms with Crippen molar-refractivity contribution in [2.75, 3.05) is 0 Å². The van der Waals surface area contributed by atoms with Crippen LogP contribution < -0.4 is 4.18 Å². The maximum atomic E-state index is 13.0. The average Bonchev–Trinajstić information content (AvgIpc) is 2.72. The maximum absolute atomic E-state index is 13.0. The third kappa shape index (κ3) is 2.42. The van der Waals surface area contributed by atoms with E-state index in [4.69, 9.17) is 0 Å². The van der Waals surface area contributed by atoms with Crippen molar-refractivity contribution in [3.63, 3.8) is 0 Å². The Morgan fingerprint density at radius 1 is 0.800 bits per heavy atom. The fourth-order valence-electron chi connectivity index (χ4n) is 4.59. The lowest BCUT2D eigenvalue weighted by molar-refractivity contribution is -0.0500. The number of alkyl halides is 3. The largest absolute Gasteiger partial charge is 0.534 e. The minimum Gasteiger partial charge on any atom is -0.376 e. The van der Waals surface area contributed by atoms with Crippen LogP contribution in [-0.4, -0.2) is 13.9 Å². The first kappa shape index (κ1) is 18.7. The van der Waals surface area contributed by atoms with Crippen molar-refractivity contribution >= 4 is 10.1 Å². The number of nitrogens with zero attached hydrogens (tertiary/aromatic N) is 1. The van der Waals surface area contributed by atoms with Crippen LogP contribution >= 0.6 is 0 Å². The first-order valence-corrected chi connectivity index (χ1v) is 10.4. The van der Waals surface area contributed by atoms with Gasteiger partial charge in [-0.15, -0.1) is 0 Å². The highest BCUT2D eigenvalue weighted by Crippen LogP contribution is 2.58. The molecule has 0 atom stereocenters. The first-order valence-electron chi connectivity index (χ1n) is 9.00. The van der Waals surface area contributed by atoms with Gasteiger partial charge in [-0.2, -0.15) is 26.9 Å². The lowest BCUT2D eigenvalue weighted by Gasteiger charge is -2.43. The summed E-state index contributed by atoms with van der Waals surface area (Å²) in [6, 6.07) is 19.5. The molecule has 0 radical (unpaired) electrons. The highest BCUT2D eigenvalue weighted by molar-refractivity contribution is 7.88. The number of benzene rings is 3. The van der Waals surface area contributed by atoms with Crippen LogP contribution in [0.15, 0.2) is 60.7 Å². The monoisotopic (exact) mass is 427 g/mol. The van der Waals surface area contributed by atoms with Crippen molar-refractivity contribution in [2.45, 2.75) is 17.3 Å². The highest BCUT2D eigenvalue weighted by atomic mass is 32.2. The van der Waals surface area contributed by atoms with Gasteiger partial charge in [-0.05, 0) is 39.9 Å². The van der Waals surface area contributed by atoms with Crippen LogP contribution in [0.2, 0.25) is 0 Å². The van der Waals surface area contributed by atoms with Crippen molar-refractivity contribution in [2.24, 2.45) is 0 Å². The molecule has 0 spiro atoms. The zero-order chi connectivity index (χ0) is 21.3. The van der Waals surface area contributed by atoms with Gasteiger partial charge in [-0.3, -0.25) is 0 Å². The van der Waals surface area contributed by atoms with Gasteiger partial charge in [0.05, 0.1) is 11.6 Å². The van der Waals surface area contributed by atoms with Gasteiger partial charge in [-0.25, -0.2) is 0 Å². The lowest BCUT2D eigenvalue weighted by atomic mass is 9.60. The average molecular weight is 427 g/mol. The summed E-state index contributed by atoms with van der Waals surface area (Å²) in [5.74, 6) is -1.34. The predicted molar refractivity (Wildman–Crippen MR) is 102 cm³/mol. The molecule has 0 saturated carbocycles. The molecule has 4 nitrogen and oxygen atoms in total. The third-order valence-corrected chi connectivity index (χ3v) is 6.63. The van der Waals surface area contributed by atoms with E-state index in [9.17, 15) is 26.9 Å². The number of nitriles is 1. The van der Waals surface area contributed by atoms with E-state index in [1.807, 2.05) is 48.5 Å². The fourth-order valence-corrected chi connectivity index (χ4v) is 5.07. The van der Waals surface area contributed by atoms with E-state index < -0.39 is 33.2 Å². The molecule has 0 aromatic heterocycles. The smallest absolute Gasteiger partial charge is 0.376 e. The minimum absolute atomic E-state index is 0.278. The topological polar surface area (TPSA) is 67.2 Å². The standard InChI is InChI=1S/C22H12F3NO3S/c23-22(24,25)30(27,28)29-17-10-9-12(11-26)18-19-13-5-1-3-7-15(13)20(21(17)18)16-8-4-2-6-14(16)19/h1-10,19-20H. The Labute approximate surface area is 170 Å². The van der Waals surface area contributed by atoms with E-state index >= 15 is 0 Å². The molecule has 0 unspecified atom stereocenters. The number of halogens is 3. The summed E-state index contributed by atoms with van der Waals surface area (Å²) in [4.78, 5) is 0. The van der Waals surface area contributed by atoms with Crippen LogP contribution in [0.5, 0.6) is 5.75 Å². The van der Waals surface area contributed by atoms with Gasteiger partial charge >= 0.3 is 15.6 Å². The van der Waals surface area contributed by atoms with Crippen LogP contribution in [0.3, 0.4) is 0 Å². The Morgan fingerprint density at radius 2 is 1.27 bits per heavy atom. The molecule has 6 rings (SSSR count). The van der Waals surface area contributed by atoms with Crippen molar-refractivity contribution < 1.29 is 25.8 Å². The van der Waals surface area contributed by atoms with Gasteiger partial charge < -0.3 is 4.18 Å². The van der Waals surface area contributed by atoms with Crippen LogP contribution in [0.1, 0.15) is 50.8 Å². The van der Waals surface area contributed by atoms with Gasteiger partial charge in [0, 0.05) is 17.4 Å². The number of hydrogen-bond donors (Lipinski definition) is 0. The predicted octanol–water partition coefficient (Wildman–Crippen LogP) is 4.77. The second-order valence-corrected chi connectivity index (χ2v) is 8.70. The number of hydrogen-bond acceptors (Lipinski definition) is 4. The van der Waals surface area contributed by atoms with Crippen LogP contribution in [0.25, 0.3) is 0 Å². The Morgan fingerprint density at radius 3 is 1.70 bits per heavy atom. The molecule has 0 saturated heterocycles. The summed E-state index contributed by atoms with van der Waals surface area (Å²) >= 11 is 0. The van der Waals surface area contributed by atoms with E-state index in [2.05, 4.69) is 10.3 Å². The minimum atomic E-state index is -5.86. The molecule has 0 fully saturated rings. The van der Waals surface area contributed by atoms with E-state index in [0.29, 0.717) is 11.1 Å². The van der Waals surface area contributed by atoms with Crippen molar-refractivity contribution in [1.82, 2.24) is 0 Å². The van der Waals surface area contributed by atoms with Crippen LogP contribution in [-0.2, 0) is 10.1 Å². The molecule has 8 heteroatoms. The molecular weight excluding hydrogens is 415 g/mol. The maximum Gasteiger partial charge on any atom is 0.534 e. The molecule has 0 amide bonds. The van der Waals surface area contributed by atoms with Crippen molar-refractivity contribution in [3.8, 4) is 11.8 Å². The van der Waals surface area contributed by atoms with E-state index in [0.717, 1.165) is 28.3 Å². The third-order valence-electron chi connectivity index (χ3n) is 5.66. The Bertz CT molecular complexity index is 1310. The summed E-state index contributed by atoms with van der Waals surface area (Å²) in [7, 11) is -5.86. The molecule has 3 aromatic rings. The Hall–Kier alpha value is -3.31. The molecule has 3 aliphatic carbocycles. The number of rotatable bonds is 2. The van der Waals surface area contributed by atoms with Gasteiger partial charge in [0.25, 0.3) is 0 Å². The summed E-state index contributed by atoms with van der Waals surface area (Å²) in [5.41, 5.74) is -0.880. The zero-order valence-electron chi connectivity index (χ0n) is 15.1. The van der Waals surface area contributed by atoms with Crippen LogP contribution in [0, 0.1) is 11.3 Å². The van der Waals surface area contributed by atoms with Crippen molar-refractivity contribution in [1.29, 1.82) is 5.26 Å². The molecule has 0 aliphatic heterocycles. The molecule has 30 heavy (non-hydrogen) atoms. The normalized spacial score (nSPS) is 18.7. The van der Waals surface area contributed by atoms with Crippen molar-refractivity contribution in [3.05, 3.63) is 99.6 Å². The van der Waals surface area contributed by atoms with E-state index in [-0.39, 0.29) is 5.56 Å². The molecule has 3 aromatic carbocycles.